The van der Waals surface area contributed by atoms with Crippen LogP contribution in [0.15, 0.2) is 72.6 Å². The first kappa shape index (κ1) is 18.3. The molecule has 0 radical (unpaired) electrons. The summed E-state index contributed by atoms with van der Waals surface area (Å²) in [5.74, 6) is -0.117. The SMILES string of the molecule is O=[N+]([O-])c1cccc(NC=CC=C(O)C=[NH+]c2cccc([N+](=O)[O-])c2)c1. The van der Waals surface area contributed by atoms with E-state index in [1.165, 1.54) is 54.9 Å². The number of aliphatic hydroxyl groups excluding tert-OH is 1. The zero-order chi connectivity index (χ0) is 18.9. The highest BCUT2D eigenvalue weighted by atomic mass is 16.6. The van der Waals surface area contributed by atoms with Crippen molar-refractivity contribution in [2.24, 2.45) is 0 Å². The Kier molecular flexibility index (Phi) is 6.16. The maximum Gasteiger partial charge on any atom is 0.276 e. The second kappa shape index (κ2) is 8.73. The lowest BCUT2D eigenvalue weighted by molar-refractivity contribution is -0.387. The summed E-state index contributed by atoms with van der Waals surface area (Å²) >= 11 is 0. The molecule has 0 aromatic heterocycles. The van der Waals surface area contributed by atoms with Crippen LogP contribution in [0.2, 0.25) is 0 Å². The van der Waals surface area contributed by atoms with Crippen LogP contribution in [0, 0.1) is 20.2 Å². The van der Waals surface area contributed by atoms with E-state index in [1.807, 2.05) is 0 Å². The second-order valence-corrected chi connectivity index (χ2v) is 5.00. The summed E-state index contributed by atoms with van der Waals surface area (Å²) in [7, 11) is 0. The normalized spacial score (nSPS) is 11.8. The molecule has 3 N–H and O–H groups in total. The van der Waals surface area contributed by atoms with Gasteiger partial charge < -0.3 is 10.4 Å². The van der Waals surface area contributed by atoms with Crippen LogP contribution in [-0.2, 0) is 0 Å². The number of non-ortho nitro benzene ring substituents is 2. The highest BCUT2D eigenvalue weighted by Crippen LogP contribution is 2.16. The van der Waals surface area contributed by atoms with Crippen molar-refractivity contribution < 1.29 is 19.9 Å². The predicted molar refractivity (Wildman–Crippen MR) is 96.4 cm³/mol. The molecule has 9 nitrogen and oxygen atoms in total. The number of hydrogen-bond donors (Lipinski definition) is 3. The van der Waals surface area contributed by atoms with Gasteiger partial charge in [0.05, 0.1) is 15.9 Å². The number of nitrogens with one attached hydrogen (secondary N) is 2. The Morgan fingerprint density at radius 1 is 1.04 bits per heavy atom. The van der Waals surface area contributed by atoms with Gasteiger partial charge in [-0.05, 0) is 24.3 Å². The Balaban J connectivity index is 1.96. The minimum atomic E-state index is -0.511. The smallest absolute Gasteiger partial charge is 0.276 e. The van der Waals surface area contributed by atoms with E-state index in [4.69, 9.17) is 0 Å². The number of aliphatic hydroxyl groups is 1. The fourth-order valence-corrected chi connectivity index (χ4v) is 1.91. The molecule has 0 saturated heterocycles. The molecule has 0 spiro atoms. The Labute approximate surface area is 147 Å². The van der Waals surface area contributed by atoms with Gasteiger partial charge in [0.1, 0.15) is 0 Å². The predicted octanol–water partition coefficient (Wildman–Crippen LogP) is 2.35. The quantitative estimate of drug-likeness (QED) is 0.230. The van der Waals surface area contributed by atoms with Crippen LogP contribution in [0.3, 0.4) is 0 Å². The van der Waals surface area contributed by atoms with Gasteiger partial charge in [0.15, 0.2) is 5.76 Å². The van der Waals surface area contributed by atoms with Crippen LogP contribution in [0.1, 0.15) is 0 Å². The molecule has 0 heterocycles. The average Bonchev–Trinajstić information content (AvgIpc) is 2.64. The van der Waals surface area contributed by atoms with Gasteiger partial charge >= 0.3 is 0 Å². The Morgan fingerprint density at radius 2 is 1.69 bits per heavy atom. The molecule has 0 unspecified atom stereocenters. The zero-order valence-electron chi connectivity index (χ0n) is 13.4. The van der Waals surface area contributed by atoms with Gasteiger partial charge in [-0.15, -0.1) is 0 Å². The summed E-state index contributed by atoms with van der Waals surface area (Å²) in [5, 5.41) is 34.0. The van der Waals surface area contributed by atoms with Crippen LogP contribution < -0.4 is 10.3 Å². The van der Waals surface area contributed by atoms with E-state index in [-0.39, 0.29) is 17.1 Å². The lowest BCUT2D eigenvalue weighted by Crippen LogP contribution is -2.61. The number of nitrogens with zero attached hydrogens (tertiary/aromatic N) is 2. The second-order valence-electron chi connectivity index (χ2n) is 5.00. The lowest BCUT2D eigenvalue weighted by Gasteiger charge is -1.99. The number of nitro groups is 2. The van der Waals surface area contributed by atoms with Crippen LogP contribution in [-0.4, -0.2) is 21.2 Å². The van der Waals surface area contributed by atoms with Gasteiger partial charge in [0.2, 0.25) is 11.9 Å². The molecule has 26 heavy (non-hydrogen) atoms. The van der Waals surface area contributed by atoms with Crippen molar-refractivity contribution in [1.82, 2.24) is 0 Å². The Morgan fingerprint density at radius 3 is 2.38 bits per heavy atom. The molecular formula is C17H15N4O5+. The van der Waals surface area contributed by atoms with Gasteiger partial charge in [-0.3, -0.25) is 20.2 Å². The van der Waals surface area contributed by atoms with Gasteiger partial charge in [-0.1, -0.05) is 6.07 Å². The summed E-state index contributed by atoms with van der Waals surface area (Å²) in [6.45, 7) is 0. The number of nitro benzene ring substituents is 2. The standard InChI is InChI=1S/C17H14N4O5/c22-17(12-19-14-5-2-7-16(11-14)21(25)26)8-3-9-18-13-4-1-6-15(10-13)20(23)24/h1-12,18,22H/p+1. The molecule has 2 rings (SSSR count). The molecule has 0 atom stereocenters. The largest absolute Gasteiger partial charge is 0.503 e. The third-order valence-electron chi connectivity index (χ3n) is 3.11. The number of hydrogen-bond acceptors (Lipinski definition) is 6. The monoisotopic (exact) mass is 355 g/mol. The van der Waals surface area contributed by atoms with E-state index in [1.54, 1.807) is 18.2 Å². The molecule has 0 aliphatic rings. The summed E-state index contributed by atoms with van der Waals surface area (Å²) in [4.78, 5) is 23.1. The average molecular weight is 355 g/mol. The molecule has 0 aliphatic carbocycles. The fourth-order valence-electron chi connectivity index (χ4n) is 1.91. The van der Waals surface area contributed by atoms with Crippen molar-refractivity contribution in [2.75, 3.05) is 5.32 Å². The van der Waals surface area contributed by atoms with Gasteiger partial charge in [-0.25, -0.2) is 4.99 Å². The first-order valence-electron chi connectivity index (χ1n) is 7.37. The molecule has 0 saturated carbocycles. The van der Waals surface area contributed by atoms with Crippen molar-refractivity contribution in [3.63, 3.8) is 0 Å². The molecule has 2 aromatic carbocycles. The van der Waals surface area contributed by atoms with Crippen LogP contribution in [0.25, 0.3) is 0 Å². The van der Waals surface area contributed by atoms with Crippen LogP contribution >= 0.6 is 0 Å². The molecular weight excluding hydrogens is 340 g/mol. The van der Waals surface area contributed by atoms with Gasteiger partial charge in [0, 0.05) is 36.2 Å². The molecule has 0 bridgehead atoms. The molecule has 0 aliphatic heterocycles. The molecule has 9 heteroatoms. The maximum absolute atomic E-state index is 10.7. The van der Waals surface area contributed by atoms with Gasteiger partial charge in [0.25, 0.3) is 11.4 Å². The minimum absolute atomic E-state index is 0.0312. The van der Waals surface area contributed by atoms with Crippen molar-refractivity contribution in [3.8, 4) is 0 Å². The lowest BCUT2D eigenvalue weighted by atomic mass is 10.3. The van der Waals surface area contributed by atoms with Crippen molar-refractivity contribution in [1.29, 1.82) is 0 Å². The van der Waals surface area contributed by atoms with Crippen molar-refractivity contribution in [3.05, 3.63) is 92.9 Å². The number of anilines is 1. The molecule has 0 amide bonds. The van der Waals surface area contributed by atoms with E-state index in [0.29, 0.717) is 11.4 Å². The maximum atomic E-state index is 10.7. The number of benzene rings is 2. The van der Waals surface area contributed by atoms with Crippen molar-refractivity contribution in [2.45, 2.75) is 0 Å². The molecule has 132 valence electrons. The summed E-state index contributed by atoms with van der Waals surface area (Å²) in [6.07, 6.45) is 5.64. The number of rotatable bonds is 7. The topological polar surface area (TPSA) is 133 Å². The molecule has 0 fully saturated rings. The van der Waals surface area contributed by atoms with Crippen LogP contribution in [0.5, 0.6) is 0 Å². The zero-order valence-corrected chi connectivity index (χ0v) is 13.4. The van der Waals surface area contributed by atoms with E-state index in [9.17, 15) is 25.3 Å². The van der Waals surface area contributed by atoms with E-state index in [2.05, 4.69) is 10.3 Å². The highest BCUT2D eigenvalue weighted by molar-refractivity contribution is 5.71. The third kappa shape index (κ3) is 5.57. The van der Waals surface area contributed by atoms with E-state index in [0.717, 1.165) is 0 Å². The summed E-state index contributed by atoms with van der Waals surface area (Å²) in [6, 6.07) is 11.8. The Hall–Kier alpha value is -4.01. The Bertz CT molecular complexity index is 906. The summed E-state index contributed by atoms with van der Waals surface area (Å²) in [5.41, 5.74) is 0.893. The highest BCUT2D eigenvalue weighted by Gasteiger charge is 2.07. The van der Waals surface area contributed by atoms with E-state index >= 15 is 0 Å². The van der Waals surface area contributed by atoms with Gasteiger partial charge in [-0.2, -0.15) is 0 Å². The number of allylic oxidation sites excluding steroid dienone is 3. The summed E-state index contributed by atoms with van der Waals surface area (Å²) < 4.78 is 0. The van der Waals surface area contributed by atoms with Crippen LogP contribution in [0.4, 0.5) is 22.7 Å². The van der Waals surface area contributed by atoms with E-state index < -0.39 is 9.85 Å². The fraction of sp³-hybridized carbons (Fsp3) is 0. The minimum Gasteiger partial charge on any atom is -0.503 e. The van der Waals surface area contributed by atoms with Crippen molar-refractivity contribution >= 4 is 29.0 Å². The first-order chi connectivity index (χ1) is 12.5. The third-order valence-corrected chi connectivity index (χ3v) is 3.11. The molecule has 2 aromatic rings. The first-order valence-corrected chi connectivity index (χ1v) is 7.37.